The molecular formula is C13H15F3N4. The first-order valence-corrected chi connectivity index (χ1v) is 6.23. The Morgan fingerprint density at radius 3 is 2.70 bits per heavy atom. The van der Waals surface area contributed by atoms with Crippen molar-refractivity contribution in [1.29, 1.82) is 0 Å². The highest BCUT2D eigenvalue weighted by Crippen LogP contribution is 2.27. The van der Waals surface area contributed by atoms with Crippen LogP contribution in [0.1, 0.15) is 24.6 Å². The molecule has 2 aromatic heterocycles. The third kappa shape index (κ3) is 3.36. The molecule has 0 aromatic carbocycles. The third-order valence-electron chi connectivity index (χ3n) is 2.95. The van der Waals surface area contributed by atoms with Crippen molar-refractivity contribution in [3.63, 3.8) is 0 Å². The number of alkyl halides is 3. The Morgan fingerprint density at radius 1 is 1.35 bits per heavy atom. The van der Waals surface area contributed by atoms with Crippen molar-refractivity contribution < 1.29 is 13.2 Å². The SMILES string of the molecule is CCC(N)Cc1cncc(-n2ccc(C(F)(F)F)n2)c1. The van der Waals surface area contributed by atoms with Gasteiger partial charge in [0.15, 0.2) is 5.69 Å². The minimum Gasteiger partial charge on any atom is -0.327 e. The van der Waals surface area contributed by atoms with E-state index in [4.69, 9.17) is 5.73 Å². The van der Waals surface area contributed by atoms with Crippen molar-refractivity contribution in [3.05, 3.63) is 42.0 Å². The monoisotopic (exact) mass is 284 g/mol. The molecule has 0 aliphatic carbocycles. The largest absolute Gasteiger partial charge is 0.435 e. The summed E-state index contributed by atoms with van der Waals surface area (Å²) in [5.41, 5.74) is 6.30. The van der Waals surface area contributed by atoms with Crippen LogP contribution in [0.4, 0.5) is 13.2 Å². The summed E-state index contributed by atoms with van der Waals surface area (Å²) in [4.78, 5) is 4.02. The molecule has 0 saturated carbocycles. The van der Waals surface area contributed by atoms with Gasteiger partial charge in [0.25, 0.3) is 0 Å². The maximum Gasteiger partial charge on any atom is 0.435 e. The lowest BCUT2D eigenvalue weighted by Gasteiger charge is -2.09. The van der Waals surface area contributed by atoms with Crippen molar-refractivity contribution in [2.75, 3.05) is 0 Å². The van der Waals surface area contributed by atoms with E-state index in [1.165, 1.54) is 12.4 Å². The second kappa shape index (κ2) is 5.62. The van der Waals surface area contributed by atoms with Gasteiger partial charge < -0.3 is 5.73 Å². The van der Waals surface area contributed by atoms with Crippen molar-refractivity contribution in [3.8, 4) is 5.69 Å². The summed E-state index contributed by atoms with van der Waals surface area (Å²) in [5.74, 6) is 0. The van der Waals surface area contributed by atoms with Crippen LogP contribution in [0.5, 0.6) is 0 Å². The van der Waals surface area contributed by atoms with Gasteiger partial charge in [-0.15, -0.1) is 0 Å². The van der Waals surface area contributed by atoms with E-state index in [0.717, 1.165) is 22.7 Å². The average molecular weight is 284 g/mol. The van der Waals surface area contributed by atoms with Gasteiger partial charge in [0.05, 0.1) is 11.9 Å². The van der Waals surface area contributed by atoms with Crippen LogP contribution in [0.2, 0.25) is 0 Å². The molecule has 0 aliphatic heterocycles. The van der Waals surface area contributed by atoms with Crippen LogP contribution in [0.3, 0.4) is 0 Å². The van der Waals surface area contributed by atoms with Crippen LogP contribution >= 0.6 is 0 Å². The normalized spacial score (nSPS) is 13.4. The number of rotatable bonds is 4. The molecule has 0 saturated heterocycles. The van der Waals surface area contributed by atoms with Gasteiger partial charge in [-0.3, -0.25) is 4.98 Å². The predicted octanol–water partition coefficient (Wildman–Crippen LogP) is 2.57. The first-order valence-electron chi connectivity index (χ1n) is 6.23. The van der Waals surface area contributed by atoms with E-state index in [1.807, 2.05) is 6.92 Å². The van der Waals surface area contributed by atoms with Gasteiger partial charge in [-0.05, 0) is 30.5 Å². The van der Waals surface area contributed by atoms with Gasteiger partial charge in [-0.25, -0.2) is 4.68 Å². The fourth-order valence-electron chi connectivity index (χ4n) is 1.78. The van der Waals surface area contributed by atoms with Crippen LogP contribution in [-0.2, 0) is 12.6 Å². The minimum atomic E-state index is -4.44. The molecule has 2 N–H and O–H groups in total. The van der Waals surface area contributed by atoms with Crippen molar-refractivity contribution in [2.24, 2.45) is 5.73 Å². The molecule has 1 unspecified atom stereocenters. The van der Waals surface area contributed by atoms with E-state index in [-0.39, 0.29) is 6.04 Å². The standard InChI is InChI=1S/C13H15F3N4/c1-2-10(17)5-9-6-11(8-18-7-9)20-4-3-12(19-20)13(14,15)16/h3-4,6-8,10H,2,5,17H2,1H3. The number of aromatic nitrogens is 3. The Balaban J connectivity index is 2.25. The molecule has 108 valence electrons. The summed E-state index contributed by atoms with van der Waals surface area (Å²) in [5, 5.41) is 3.51. The number of nitrogens with two attached hydrogens (primary N) is 1. The maximum absolute atomic E-state index is 12.5. The molecule has 0 fully saturated rings. The molecule has 0 spiro atoms. The summed E-state index contributed by atoms with van der Waals surface area (Å²) in [6.45, 7) is 1.98. The molecule has 4 nitrogen and oxygen atoms in total. The first-order chi connectivity index (χ1) is 9.40. The molecular weight excluding hydrogens is 269 g/mol. The number of nitrogens with zero attached hydrogens (tertiary/aromatic N) is 3. The summed E-state index contributed by atoms with van der Waals surface area (Å²) in [6, 6.07) is 2.69. The lowest BCUT2D eigenvalue weighted by atomic mass is 10.1. The quantitative estimate of drug-likeness (QED) is 0.938. The zero-order chi connectivity index (χ0) is 14.8. The Labute approximate surface area is 114 Å². The molecule has 2 heterocycles. The van der Waals surface area contributed by atoms with E-state index in [0.29, 0.717) is 12.1 Å². The summed E-state index contributed by atoms with van der Waals surface area (Å²) in [6.07, 6.45) is 1.40. The number of pyridine rings is 1. The second-order valence-electron chi connectivity index (χ2n) is 4.57. The molecule has 0 amide bonds. The van der Waals surface area contributed by atoms with Crippen LogP contribution in [0.25, 0.3) is 5.69 Å². The Kier molecular flexibility index (Phi) is 4.08. The highest BCUT2D eigenvalue weighted by molar-refractivity contribution is 5.32. The van der Waals surface area contributed by atoms with Gasteiger partial charge in [-0.2, -0.15) is 18.3 Å². The van der Waals surface area contributed by atoms with Crippen LogP contribution < -0.4 is 5.73 Å². The molecule has 2 rings (SSSR count). The van der Waals surface area contributed by atoms with Crippen molar-refractivity contribution in [1.82, 2.24) is 14.8 Å². The van der Waals surface area contributed by atoms with Crippen LogP contribution in [-0.4, -0.2) is 20.8 Å². The van der Waals surface area contributed by atoms with Crippen molar-refractivity contribution in [2.45, 2.75) is 32.0 Å². The maximum atomic E-state index is 12.5. The second-order valence-corrected chi connectivity index (χ2v) is 4.57. The Morgan fingerprint density at radius 2 is 2.10 bits per heavy atom. The van der Waals surface area contributed by atoms with Crippen LogP contribution in [0.15, 0.2) is 30.7 Å². The van der Waals surface area contributed by atoms with E-state index >= 15 is 0 Å². The molecule has 7 heteroatoms. The van der Waals surface area contributed by atoms with Gasteiger partial charge >= 0.3 is 6.18 Å². The van der Waals surface area contributed by atoms with Gasteiger partial charge in [0, 0.05) is 18.4 Å². The summed E-state index contributed by atoms with van der Waals surface area (Å²) in [7, 11) is 0. The van der Waals surface area contributed by atoms with E-state index < -0.39 is 11.9 Å². The zero-order valence-corrected chi connectivity index (χ0v) is 10.9. The Hall–Kier alpha value is -1.89. The van der Waals surface area contributed by atoms with E-state index in [1.54, 1.807) is 12.3 Å². The summed E-state index contributed by atoms with van der Waals surface area (Å²) < 4.78 is 38.7. The highest BCUT2D eigenvalue weighted by atomic mass is 19.4. The fraction of sp³-hybridized carbons (Fsp3) is 0.385. The molecule has 1 atom stereocenters. The van der Waals surface area contributed by atoms with Gasteiger partial charge in [0.2, 0.25) is 0 Å². The van der Waals surface area contributed by atoms with E-state index in [2.05, 4.69) is 10.1 Å². The number of hydrogen-bond acceptors (Lipinski definition) is 3. The fourth-order valence-corrected chi connectivity index (χ4v) is 1.78. The molecule has 0 aliphatic rings. The van der Waals surface area contributed by atoms with Gasteiger partial charge in [-0.1, -0.05) is 6.92 Å². The van der Waals surface area contributed by atoms with E-state index in [9.17, 15) is 13.2 Å². The average Bonchev–Trinajstić information content (AvgIpc) is 2.88. The number of halogens is 3. The lowest BCUT2D eigenvalue weighted by Crippen LogP contribution is -2.21. The highest BCUT2D eigenvalue weighted by Gasteiger charge is 2.33. The molecule has 2 aromatic rings. The molecule has 0 radical (unpaired) electrons. The third-order valence-corrected chi connectivity index (χ3v) is 2.95. The number of hydrogen-bond donors (Lipinski definition) is 1. The predicted molar refractivity (Wildman–Crippen MR) is 68.3 cm³/mol. The lowest BCUT2D eigenvalue weighted by molar-refractivity contribution is -0.141. The topological polar surface area (TPSA) is 56.7 Å². The van der Waals surface area contributed by atoms with Crippen molar-refractivity contribution >= 4 is 0 Å². The molecule has 20 heavy (non-hydrogen) atoms. The summed E-state index contributed by atoms with van der Waals surface area (Å²) >= 11 is 0. The molecule has 0 bridgehead atoms. The first kappa shape index (κ1) is 14.5. The zero-order valence-electron chi connectivity index (χ0n) is 10.9. The van der Waals surface area contributed by atoms with Gasteiger partial charge in [0.1, 0.15) is 0 Å². The smallest absolute Gasteiger partial charge is 0.327 e. The Bertz CT molecular complexity index is 577. The van der Waals surface area contributed by atoms with Crippen LogP contribution in [0, 0.1) is 0 Å². The minimum absolute atomic E-state index is 0.00964.